The molecule has 1 heterocycles. The molecule has 0 saturated heterocycles. The summed E-state index contributed by atoms with van der Waals surface area (Å²) in [7, 11) is 1.46. The van der Waals surface area contributed by atoms with Crippen LogP contribution in [-0.4, -0.2) is 13.7 Å². The number of furan rings is 1. The van der Waals surface area contributed by atoms with E-state index in [9.17, 15) is 4.39 Å². The fourth-order valence-electron chi connectivity index (χ4n) is 2.08. The molecule has 0 bridgehead atoms. The van der Waals surface area contributed by atoms with Gasteiger partial charge in [-0.25, -0.2) is 4.39 Å². The largest absolute Gasteiger partial charge is 0.494 e. The van der Waals surface area contributed by atoms with Crippen molar-refractivity contribution in [1.29, 1.82) is 0 Å². The molecule has 0 spiro atoms. The van der Waals surface area contributed by atoms with E-state index in [1.54, 1.807) is 12.3 Å². The normalized spacial score (nSPS) is 12.4. The third kappa shape index (κ3) is 3.35. The van der Waals surface area contributed by atoms with Gasteiger partial charge in [-0.3, -0.25) is 0 Å². The Kier molecular flexibility index (Phi) is 4.58. The maximum absolute atomic E-state index is 13.8. The van der Waals surface area contributed by atoms with Crippen LogP contribution in [0.25, 0.3) is 0 Å². The number of rotatable bonds is 6. The summed E-state index contributed by atoms with van der Waals surface area (Å²) in [6, 6.07) is 8.83. The summed E-state index contributed by atoms with van der Waals surface area (Å²) in [5.41, 5.74) is 0.886. The van der Waals surface area contributed by atoms with Crippen molar-refractivity contribution >= 4 is 0 Å². The molecule has 0 aliphatic carbocycles. The third-order valence-electron chi connectivity index (χ3n) is 3.01. The molecule has 1 unspecified atom stereocenters. The highest BCUT2D eigenvalue weighted by Gasteiger charge is 2.15. The van der Waals surface area contributed by atoms with Gasteiger partial charge >= 0.3 is 0 Å². The maximum Gasteiger partial charge on any atom is 0.165 e. The number of benzene rings is 1. The number of halogens is 1. The predicted octanol–water partition coefficient (Wildman–Crippen LogP) is 3.32. The van der Waals surface area contributed by atoms with Gasteiger partial charge < -0.3 is 14.5 Å². The van der Waals surface area contributed by atoms with E-state index < -0.39 is 0 Å². The molecule has 3 nitrogen and oxygen atoms in total. The van der Waals surface area contributed by atoms with Crippen LogP contribution in [0.5, 0.6) is 5.75 Å². The topological polar surface area (TPSA) is 34.4 Å². The molecule has 1 N–H and O–H groups in total. The Balaban J connectivity index is 2.20. The summed E-state index contributed by atoms with van der Waals surface area (Å²) in [5.74, 6) is 0.793. The van der Waals surface area contributed by atoms with Crippen LogP contribution in [0.4, 0.5) is 4.39 Å². The molecule has 102 valence electrons. The Bertz CT molecular complexity index is 511. The van der Waals surface area contributed by atoms with E-state index in [1.165, 1.54) is 13.2 Å². The van der Waals surface area contributed by atoms with Crippen LogP contribution in [0.1, 0.15) is 24.3 Å². The zero-order chi connectivity index (χ0) is 13.7. The van der Waals surface area contributed by atoms with Gasteiger partial charge in [-0.1, -0.05) is 13.0 Å². The molecule has 0 aliphatic heterocycles. The van der Waals surface area contributed by atoms with E-state index in [2.05, 4.69) is 5.32 Å². The average molecular weight is 263 g/mol. The van der Waals surface area contributed by atoms with E-state index in [4.69, 9.17) is 9.15 Å². The van der Waals surface area contributed by atoms with E-state index in [1.807, 2.05) is 25.1 Å². The zero-order valence-corrected chi connectivity index (χ0v) is 11.2. The van der Waals surface area contributed by atoms with Crippen molar-refractivity contribution in [2.24, 2.45) is 0 Å². The molecule has 4 heteroatoms. The van der Waals surface area contributed by atoms with Crippen LogP contribution in [0.15, 0.2) is 41.0 Å². The molecule has 1 aromatic carbocycles. The van der Waals surface area contributed by atoms with Crippen LogP contribution in [0.2, 0.25) is 0 Å². The average Bonchev–Trinajstić information content (AvgIpc) is 2.91. The summed E-state index contributed by atoms with van der Waals surface area (Å²) in [5, 5.41) is 3.33. The second-order valence-corrected chi connectivity index (χ2v) is 4.29. The molecule has 1 atom stereocenters. The lowest BCUT2D eigenvalue weighted by atomic mass is 10.0. The molecule has 2 aromatic rings. The lowest BCUT2D eigenvalue weighted by Gasteiger charge is -2.18. The van der Waals surface area contributed by atoms with Crippen molar-refractivity contribution in [3.8, 4) is 5.75 Å². The Morgan fingerprint density at radius 1 is 1.37 bits per heavy atom. The standard InChI is InChI=1S/C15H18FNO2/c1-3-17-14(10-12-5-4-8-19-12)11-6-7-15(18-2)13(16)9-11/h4-9,14,17H,3,10H2,1-2H3. The van der Waals surface area contributed by atoms with E-state index in [-0.39, 0.29) is 17.6 Å². The molecular formula is C15H18FNO2. The number of ether oxygens (including phenoxy) is 1. The number of hydrogen-bond donors (Lipinski definition) is 1. The number of nitrogens with one attached hydrogen (secondary N) is 1. The van der Waals surface area contributed by atoms with Gasteiger partial charge in [0.1, 0.15) is 5.76 Å². The molecule has 2 rings (SSSR count). The number of methoxy groups -OCH3 is 1. The molecule has 0 radical (unpaired) electrons. The van der Waals surface area contributed by atoms with Crippen LogP contribution in [-0.2, 0) is 6.42 Å². The van der Waals surface area contributed by atoms with Crippen molar-refractivity contribution in [1.82, 2.24) is 5.32 Å². The maximum atomic E-state index is 13.8. The Morgan fingerprint density at radius 2 is 2.21 bits per heavy atom. The van der Waals surface area contributed by atoms with E-state index >= 15 is 0 Å². The summed E-state index contributed by atoms with van der Waals surface area (Å²) < 4.78 is 24.0. The minimum Gasteiger partial charge on any atom is -0.494 e. The van der Waals surface area contributed by atoms with Crippen LogP contribution >= 0.6 is 0 Å². The fraction of sp³-hybridized carbons (Fsp3) is 0.333. The number of hydrogen-bond acceptors (Lipinski definition) is 3. The van der Waals surface area contributed by atoms with Gasteiger partial charge in [-0.2, -0.15) is 0 Å². The predicted molar refractivity (Wildman–Crippen MR) is 71.8 cm³/mol. The van der Waals surface area contributed by atoms with Gasteiger partial charge in [0.05, 0.1) is 13.4 Å². The Hall–Kier alpha value is -1.81. The molecule has 0 saturated carbocycles. The quantitative estimate of drug-likeness (QED) is 0.868. The Morgan fingerprint density at radius 3 is 2.79 bits per heavy atom. The highest BCUT2D eigenvalue weighted by molar-refractivity contribution is 5.31. The second-order valence-electron chi connectivity index (χ2n) is 4.29. The molecule has 1 aromatic heterocycles. The van der Waals surface area contributed by atoms with Crippen molar-refractivity contribution in [3.63, 3.8) is 0 Å². The van der Waals surface area contributed by atoms with Crippen molar-refractivity contribution in [2.45, 2.75) is 19.4 Å². The van der Waals surface area contributed by atoms with Crippen LogP contribution in [0.3, 0.4) is 0 Å². The summed E-state index contributed by atoms with van der Waals surface area (Å²) in [6.45, 7) is 2.83. The van der Waals surface area contributed by atoms with Gasteiger partial charge in [0.25, 0.3) is 0 Å². The van der Waals surface area contributed by atoms with Crippen molar-refractivity contribution < 1.29 is 13.5 Å². The SMILES string of the molecule is CCNC(Cc1ccco1)c1ccc(OC)c(F)c1. The van der Waals surface area contributed by atoms with Gasteiger partial charge in [0.15, 0.2) is 11.6 Å². The molecular weight excluding hydrogens is 245 g/mol. The molecule has 19 heavy (non-hydrogen) atoms. The minimum atomic E-state index is -0.345. The monoisotopic (exact) mass is 263 g/mol. The Labute approximate surface area is 112 Å². The highest BCUT2D eigenvalue weighted by atomic mass is 19.1. The first-order chi connectivity index (χ1) is 9.24. The minimum absolute atomic E-state index is 0.0246. The van der Waals surface area contributed by atoms with E-state index in [0.717, 1.165) is 17.9 Å². The van der Waals surface area contributed by atoms with Crippen molar-refractivity contribution in [2.75, 3.05) is 13.7 Å². The lowest BCUT2D eigenvalue weighted by molar-refractivity contribution is 0.385. The second kappa shape index (κ2) is 6.38. The molecule has 0 aliphatic rings. The first kappa shape index (κ1) is 13.6. The third-order valence-corrected chi connectivity index (χ3v) is 3.01. The summed E-state index contributed by atoms with van der Waals surface area (Å²) in [4.78, 5) is 0. The lowest BCUT2D eigenvalue weighted by Crippen LogP contribution is -2.23. The summed E-state index contributed by atoms with van der Waals surface area (Å²) >= 11 is 0. The van der Waals surface area contributed by atoms with Gasteiger partial charge in [-0.05, 0) is 36.4 Å². The first-order valence-electron chi connectivity index (χ1n) is 6.33. The number of likely N-dealkylation sites (N-methyl/N-ethyl adjacent to an activating group) is 1. The smallest absolute Gasteiger partial charge is 0.165 e. The van der Waals surface area contributed by atoms with E-state index in [0.29, 0.717) is 6.42 Å². The van der Waals surface area contributed by atoms with Crippen molar-refractivity contribution in [3.05, 3.63) is 53.7 Å². The fourth-order valence-corrected chi connectivity index (χ4v) is 2.08. The molecule has 0 amide bonds. The van der Waals surface area contributed by atoms with Gasteiger partial charge in [-0.15, -0.1) is 0 Å². The van der Waals surface area contributed by atoms with Crippen LogP contribution in [0, 0.1) is 5.82 Å². The first-order valence-corrected chi connectivity index (χ1v) is 6.33. The van der Waals surface area contributed by atoms with Crippen LogP contribution < -0.4 is 10.1 Å². The summed E-state index contributed by atoms with van der Waals surface area (Å²) in [6.07, 6.45) is 2.33. The zero-order valence-electron chi connectivity index (χ0n) is 11.2. The van der Waals surface area contributed by atoms with Gasteiger partial charge in [0.2, 0.25) is 0 Å². The van der Waals surface area contributed by atoms with Gasteiger partial charge in [0, 0.05) is 12.5 Å². The molecule has 0 fully saturated rings. The highest BCUT2D eigenvalue weighted by Crippen LogP contribution is 2.24.